The highest BCUT2D eigenvalue weighted by Gasteiger charge is 2.38. The number of rotatable bonds is 46. The van der Waals surface area contributed by atoms with E-state index < -0.39 is 199 Å². The van der Waals surface area contributed by atoms with E-state index in [4.69, 9.17) is 28.7 Å². The Morgan fingerprint density at radius 3 is 1.16 bits per heavy atom. The van der Waals surface area contributed by atoms with Crippen LogP contribution in [0.2, 0.25) is 0 Å². The van der Waals surface area contributed by atoms with Gasteiger partial charge in [-0.05, 0) is 91.9 Å². The molecule has 3 rings (SSSR count). The number of carbonyl (C=O) groups excluding carboxylic acids is 14. The van der Waals surface area contributed by atoms with E-state index >= 15 is 0 Å². The molecule has 0 aromatic heterocycles. The number of benzene rings is 3. The van der Waals surface area contributed by atoms with Gasteiger partial charge in [-0.2, -0.15) is 0 Å². The molecule has 0 heterocycles. The fourth-order valence-electron chi connectivity index (χ4n) is 10.6. The third kappa shape index (κ3) is 31.4. The Bertz CT molecular complexity index is 3320. The summed E-state index contributed by atoms with van der Waals surface area (Å²) in [4.78, 5) is 203. The van der Waals surface area contributed by atoms with Crippen LogP contribution in [0.15, 0.2) is 91.0 Å². The van der Waals surface area contributed by atoms with Crippen molar-refractivity contribution in [3.63, 3.8) is 0 Å². The standard InChI is InChI=1S/C70H104N16O16/c1-38(2)32-49(82-67(98)57(39(3)4)84-56(90)37-76-61(92)47(27-29-53(73)87)77-60(91)45(72)33-42-20-12-9-13-21-42)64(95)78-48(28-30-54(74)88)63(94)81-51(36-55(75)89)66(97)86-58(40(5)6)68(99)79-46(26-18-19-31-71)62(93)80-50(34-43-22-14-10-15-23-43)65(96)85-59(41(7)8)69(100)83-52(70(101)102)35-44-24-16-11-17-25-44/h9-17,20-25,38-41,45-52,57-59H,18-19,26-37,71-72H2,1-8H3,(H2,73,87)(H2,74,88)(H2,75,89)(H,76,92)(H,77,91)(H,78,95)(H,79,99)(H,80,93)(H,81,94)(H,82,98)(H,83,100)(H,84,90)(H,85,96)(H,86,97)(H,101,102)/t45-,46-,47-,48-,49-,50-,51-,52-,57-,58-,59-/m0/s1. The molecule has 11 atom stereocenters. The lowest BCUT2D eigenvalue weighted by molar-refractivity contribution is -0.142. The summed E-state index contributed by atoms with van der Waals surface area (Å²) >= 11 is 0. The second-order valence-corrected chi connectivity index (χ2v) is 26.5. The predicted octanol–water partition coefficient (Wildman–Crippen LogP) is -2.36. The van der Waals surface area contributed by atoms with Gasteiger partial charge < -0.3 is 92.3 Å². The third-order valence-corrected chi connectivity index (χ3v) is 16.2. The summed E-state index contributed by atoms with van der Waals surface area (Å²) < 4.78 is 0. The van der Waals surface area contributed by atoms with Crippen LogP contribution in [-0.4, -0.2) is 173 Å². The van der Waals surface area contributed by atoms with E-state index in [0.717, 1.165) is 5.56 Å². The third-order valence-electron chi connectivity index (χ3n) is 16.2. The van der Waals surface area contributed by atoms with E-state index in [1.54, 1.807) is 146 Å². The highest BCUT2D eigenvalue weighted by molar-refractivity contribution is 6.00. The maximum absolute atomic E-state index is 14.5. The second kappa shape index (κ2) is 44.0. The summed E-state index contributed by atoms with van der Waals surface area (Å²) in [6, 6.07) is 10.2. The van der Waals surface area contributed by atoms with E-state index in [-0.39, 0.29) is 63.8 Å². The first kappa shape index (κ1) is 85.9. The average Bonchev–Trinajstić information content (AvgIpc) is 0.842. The number of hydrogen-bond acceptors (Lipinski definition) is 17. The van der Waals surface area contributed by atoms with Gasteiger partial charge >= 0.3 is 5.97 Å². The van der Waals surface area contributed by atoms with Crippen LogP contribution in [0.4, 0.5) is 0 Å². The van der Waals surface area contributed by atoms with E-state index in [0.29, 0.717) is 17.5 Å². The van der Waals surface area contributed by atoms with Gasteiger partial charge in [0.05, 0.1) is 19.0 Å². The van der Waals surface area contributed by atoms with Gasteiger partial charge in [-0.1, -0.05) is 146 Å². The number of nitrogens with one attached hydrogen (secondary N) is 11. The van der Waals surface area contributed by atoms with E-state index in [1.165, 1.54) is 0 Å². The Balaban J connectivity index is 1.85. The molecule has 0 fully saturated rings. The SMILES string of the molecule is CC(C)C[C@H](NC(=O)[C@@H](NC(=O)CNC(=O)[C@H](CCC(N)=O)NC(=O)[C@@H](N)Cc1ccccc1)C(C)C)C(=O)N[C@@H](CCC(N)=O)C(=O)N[C@@H](CC(N)=O)C(=O)N[C@H](C(=O)N[C@@H](CCCCN)C(=O)N[C@@H](Cc1ccccc1)C(=O)N[C@H](C(=O)N[C@@H](Cc1ccccc1)C(=O)O)C(C)C)C(C)C. The lowest BCUT2D eigenvalue weighted by Gasteiger charge is -2.29. The molecule has 0 aliphatic carbocycles. The molecule has 14 amide bonds. The monoisotopic (exact) mass is 1420 g/mol. The van der Waals surface area contributed by atoms with Crippen LogP contribution in [0.25, 0.3) is 0 Å². The van der Waals surface area contributed by atoms with Crippen LogP contribution < -0.4 is 87.2 Å². The molecule has 3 aromatic carbocycles. The molecule has 0 spiro atoms. The normalized spacial score (nSPS) is 14.4. The van der Waals surface area contributed by atoms with Crippen LogP contribution in [0.5, 0.6) is 0 Å². The van der Waals surface area contributed by atoms with Crippen molar-refractivity contribution in [3.05, 3.63) is 108 Å². The van der Waals surface area contributed by atoms with E-state index in [1.807, 2.05) is 0 Å². The van der Waals surface area contributed by atoms with Gasteiger partial charge in [0.2, 0.25) is 82.7 Å². The Hall–Kier alpha value is -10.4. The topological polar surface area (TPSA) is 539 Å². The number of carboxylic acid groups (broad SMARTS) is 1. The van der Waals surface area contributed by atoms with Crippen molar-refractivity contribution in [1.82, 2.24) is 58.5 Å². The maximum Gasteiger partial charge on any atom is 0.326 e. The van der Waals surface area contributed by atoms with Crippen molar-refractivity contribution in [1.29, 1.82) is 0 Å². The molecule has 0 bridgehead atoms. The summed E-state index contributed by atoms with van der Waals surface area (Å²) in [7, 11) is 0. The second-order valence-electron chi connectivity index (χ2n) is 26.5. The highest BCUT2D eigenvalue weighted by Crippen LogP contribution is 2.15. The Kier molecular flexibility index (Phi) is 37.0. The maximum atomic E-state index is 14.5. The molecule has 32 nitrogen and oxygen atoms in total. The lowest BCUT2D eigenvalue weighted by atomic mass is 9.99. The molecular formula is C70H104N16O16. The Labute approximate surface area is 593 Å². The van der Waals surface area contributed by atoms with Crippen molar-refractivity contribution in [2.45, 2.75) is 199 Å². The average molecular weight is 1430 g/mol. The summed E-state index contributed by atoms with van der Waals surface area (Å²) in [6.07, 6.45) is -1.94. The highest BCUT2D eigenvalue weighted by atomic mass is 16.4. The van der Waals surface area contributed by atoms with Gasteiger partial charge in [-0.25, -0.2) is 4.79 Å². The van der Waals surface area contributed by atoms with Crippen LogP contribution >= 0.6 is 0 Å². The minimum atomic E-state index is -1.86. The van der Waals surface area contributed by atoms with E-state index in [2.05, 4.69) is 58.5 Å². The van der Waals surface area contributed by atoms with Crippen molar-refractivity contribution in [2.75, 3.05) is 13.1 Å². The molecule has 32 heteroatoms. The van der Waals surface area contributed by atoms with Gasteiger partial charge in [0, 0.05) is 25.7 Å². The molecule has 0 aliphatic heterocycles. The number of aliphatic carboxylic acids is 1. The zero-order chi connectivity index (χ0) is 76.3. The van der Waals surface area contributed by atoms with Gasteiger partial charge in [0.1, 0.15) is 60.4 Å². The number of amides is 14. The molecule has 102 heavy (non-hydrogen) atoms. The van der Waals surface area contributed by atoms with Crippen LogP contribution in [0.3, 0.4) is 0 Å². The number of carboxylic acids is 1. The molecule has 0 saturated carbocycles. The largest absolute Gasteiger partial charge is 0.480 e. The van der Waals surface area contributed by atoms with Gasteiger partial charge in [0.15, 0.2) is 0 Å². The fraction of sp³-hybridized carbons (Fsp3) is 0.529. The summed E-state index contributed by atoms with van der Waals surface area (Å²) in [5, 5.41) is 38.0. The minimum Gasteiger partial charge on any atom is -0.480 e. The van der Waals surface area contributed by atoms with Gasteiger partial charge in [-0.3, -0.25) is 67.1 Å². The molecule has 0 unspecified atom stereocenters. The molecular weight excluding hydrogens is 1320 g/mol. The van der Waals surface area contributed by atoms with Crippen molar-refractivity contribution >= 4 is 88.7 Å². The van der Waals surface area contributed by atoms with Crippen LogP contribution in [0.1, 0.15) is 130 Å². The van der Waals surface area contributed by atoms with Crippen molar-refractivity contribution < 1.29 is 77.0 Å². The van der Waals surface area contributed by atoms with Crippen LogP contribution in [0, 0.1) is 23.7 Å². The van der Waals surface area contributed by atoms with Gasteiger partial charge in [0.25, 0.3) is 0 Å². The van der Waals surface area contributed by atoms with Crippen LogP contribution in [-0.2, 0) is 91.2 Å². The molecule has 0 saturated heterocycles. The fourth-order valence-corrected chi connectivity index (χ4v) is 10.6. The molecule has 560 valence electrons. The van der Waals surface area contributed by atoms with E-state index in [9.17, 15) is 77.0 Å². The molecule has 22 N–H and O–H groups in total. The van der Waals surface area contributed by atoms with Gasteiger partial charge in [-0.15, -0.1) is 0 Å². The zero-order valence-corrected chi connectivity index (χ0v) is 59.2. The van der Waals surface area contributed by atoms with Crippen molar-refractivity contribution in [3.8, 4) is 0 Å². The number of hydrogen-bond donors (Lipinski definition) is 17. The quantitative estimate of drug-likeness (QED) is 0.0263. The number of primary amides is 3. The lowest BCUT2D eigenvalue weighted by Crippen LogP contribution is -2.62. The molecule has 0 aliphatic rings. The number of carbonyl (C=O) groups is 15. The molecule has 0 radical (unpaired) electrons. The zero-order valence-electron chi connectivity index (χ0n) is 59.2. The Morgan fingerprint density at radius 1 is 0.373 bits per heavy atom. The predicted molar refractivity (Wildman–Crippen MR) is 376 cm³/mol. The molecule has 3 aromatic rings. The smallest absolute Gasteiger partial charge is 0.326 e. The first-order valence-corrected chi connectivity index (χ1v) is 34.1. The summed E-state index contributed by atoms with van der Waals surface area (Å²) in [5.41, 5.74) is 30.3. The first-order chi connectivity index (χ1) is 48.1. The first-order valence-electron chi connectivity index (χ1n) is 34.1. The summed E-state index contributed by atoms with van der Waals surface area (Å²) in [5.74, 6) is -16.5. The Morgan fingerprint density at radius 2 is 0.725 bits per heavy atom. The minimum absolute atomic E-state index is 0.0427. The van der Waals surface area contributed by atoms with Crippen molar-refractivity contribution in [2.24, 2.45) is 52.3 Å². The number of unbranched alkanes of at least 4 members (excludes halogenated alkanes) is 1. The summed E-state index contributed by atoms with van der Waals surface area (Å²) in [6.45, 7) is 12.4. The number of nitrogens with two attached hydrogens (primary N) is 5.